The molecule has 3 aromatic rings. The van der Waals surface area contributed by atoms with E-state index in [2.05, 4.69) is 10.1 Å². The van der Waals surface area contributed by atoms with Gasteiger partial charge in [0.1, 0.15) is 0 Å². The molecule has 108 valence electrons. The minimum atomic E-state index is -0.00927. The third kappa shape index (κ3) is 2.40. The number of anilines is 1. The predicted octanol–water partition coefficient (Wildman–Crippen LogP) is 3.63. The number of thiazole rings is 1. The number of rotatable bonds is 3. The van der Waals surface area contributed by atoms with Gasteiger partial charge in [-0.05, 0) is 17.7 Å². The molecule has 0 aliphatic carbocycles. The summed E-state index contributed by atoms with van der Waals surface area (Å²) in [5.74, 6) is -0.00927. The molecule has 0 radical (unpaired) electrons. The van der Waals surface area contributed by atoms with Crippen molar-refractivity contribution >= 4 is 38.3 Å². The molecule has 0 bridgehead atoms. The van der Waals surface area contributed by atoms with Crippen molar-refractivity contribution in [2.45, 2.75) is 12.8 Å². The molecule has 2 aromatic carbocycles. The Morgan fingerprint density at radius 1 is 1.05 bits per heavy atom. The third-order valence-corrected chi connectivity index (χ3v) is 4.56. The van der Waals surface area contributed by atoms with Crippen LogP contribution in [0.1, 0.15) is 12.0 Å². The Labute approximate surface area is 131 Å². The van der Waals surface area contributed by atoms with E-state index in [1.165, 1.54) is 21.9 Å². The summed E-state index contributed by atoms with van der Waals surface area (Å²) >= 11 is 1.49. The van der Waals surface area contributed by atoms with Crippen LogP contribution in [0.3, 0.4) is 0 Å². The first kappa shape index (κ1) is 13.2. The number of aromatic nitrogens is 1. The molecular formula is C17H13N3OS. The highest BCUT2D eigenvalue weighted by atomic mass is 32.1. The molecule has 0 N–H and O–H groups in total. The van der Waals surface area contributed by atoms with E-state index in [1.54, 1.807) is 0 Å². The summed E-state index contributed by atoms with van der Waals surface area (Å²) in [7, 11) is 0. The summed E-state index contributed by atoms with van der Waals surface area (Å²) < 4.78 is 1.07. The number of hydrogen-bond acceptors (Lipinski definition) is 4. The highest BCUT2D eigenvalue weighted by Gasteiger charge is 2.27. The number of para-hydroxylation sites is 1. The first-order chi connectivity index (χ1) is 10.8. The number of amides is 1. The van der Waals surface area contributed by atoms with E-state index in [9.17, 15) is 4.79 Å². The summed E-state index contributed by atoms with van der Waals surface area (Å²) in [5.41, 5.74) is 2.96. The van der Waals surface area contributed by atoms with Crippen LogP contribution in [0.25, 0.3) is 10.2 Å². The molecule has 0 saturated carbocycles. The quantitative estimate of drug-likeness (QED) is 0.741. The number of carbonyl (C=O) groups is 1. The van der Waals surface area contributed by atoms with Crippen molar-refractivity contribution in [1.82, 2.24) is 4.98 Å². The van der Waals surface area contributed by atoms with Crippen LogP contribution in [0.15, 0.2) is 59.7 Å². The van der Waals surface area contributed by atoms with E-state index in [1.807, 2.05) is 54.6 Å². The van der Waals surface area contributed by atoms with Crippen molar-refractivity contribution in [3.05, 3.63) is 60.2 Å². The first-order valence-corrected chi connectivity index (χ1v) is 7.90. The number of nitrogens with zero attached hydrogens (tertiary/aromatic N) is 3. The van der Waals surface area contributed by atoms with Gasteiger partial charge in [-0.3, -0.25) is 4.79 Å². The number of hydrazone groups is 1. The second-order valence-corrected chi connectivity index (χ2v) is 6.18. The molecule has 4 nitrogen and oxygen atoms in total. The minimum Gasteiger partial charge on any atom is -0.272 e. The summed E-state index contributed by atoms with van der Waals surface area (Å²) in [5, 5.41) is 6.57. The van der Waals surface area contributed by atoms with Crippen molar-refractivity contribution in [2.75, 3.05) is 5.01 Å². The van der Waals surface area contributed by atoms with Crippen LogP contribution in [0.2, 0.25) is 0 Å². The summed E-state index contributed by atoms with van der Waals surface area (Å²) in [6.07, 6.45) is 1.07. The summed E-state index contributed by atoms with van der Waals surface area (Å²) in [6, 6.07) is 18.0. The molecule has 0 spiro atoms. The molecule has 0 unspecified atom stereocenters. The maximum absolute atomic E-state index is 12.2. The Bertz CT molecular complexity index is 837. The Morgan fingerprint density at radius 2 is 1.82 bits per heavy atom. The highest BCUT2D eigenvalue weighted by Crippen LogP contribution is 2.31. The van der Waals surface area contributed by atoms with Crippen LogP contribution in [-0.2, 0) is 11.2 Å². The minimum absolute atomic E-state index is 0.00927. The Hall–Kier alpha value is -2.53. The molecule has 4 rings (SSSR count). The fourth-order valence-electron chi connectivity index (χ4n) is 2.51. The molecule has 1 aliphatic heterocycles. The number of fused-ring (bicyclic) bond motifs is 1. The largest absolute Gasteiger partial charge is 0.272 e. The molecule has 5 heteroatoms. The van der Waals surface area contributed by atoms with Crippen molar-refractivity contribution in [2.24, 2.45) is 5.10 Å². The van der Waals surface area contributed by atoms with Gasteiger partial charge in [0.05, 0.1) is 22.3 Å². The van der Waals surface area contributed by atoms with Gasteiger partial charge in [0, 0.05) is 6.42 Å². The average molecular weight is 307 g/mol. The molecule has 1 aliphatic rings. The second kappa shape index (κ2) is 5.35. The fraction of sp³-hybridized carbons (Fsp3) is 0.118. The lowest BCUT2D eigenvalue weighted by Crippen LogP contribution is -2.19. The lowest BCUT2D eigenvalue weighted by Gasteiger charge is -2.05. The normalized spacial score (nSPS) is 14.6. The zero-order chi connectivity index (χ0) is 14.9. The fourth-order valence-corrected chi connectivity index (χ4v) is 3.45. The summed E-state index contributed by atoms with van der Waals surface area (Å²) in [6.45, 7) is 0. The predicted molar refractivity (Wildman–Crippen MR) is 89.3 cm³/mol. The molecule has 22 heavy (non-hydrogen) atoms. The monoisotopic (exact) mass is 307 g/mol. The Kier molecular flexibility index (Phi) is 3.20. The molecule has 1 amide bonds. The van der Waals surface area contributed by atoms with Gasteiger partial charge in [0.25, 0.3) is 5.91 Å². The zero-order valence-corrected chi connectivity index (χ0v) is 12.6. The van der Waals surface area contributed by atoms with Crippen molar-refractivity contribution in [1.29, 1.82) is 0 Å². The Morgan fingerprint density at radius 3 is 2.64 bits per heavy atom. The lowest BCUT2D eigenvalue weighted by molar-refractivity contribution is -0.116. The third-order valence-electron chi connectivity index (χ3n) is 3.55. The van der Waals surface area contributed by atoms with E-state index in [4.69, 9.17) is 0 Å². The maximum atomic E-state index is 12.2. The highest BCUT2D eigenvalue weighted by molar-refractivity contribution is 7.22. The number of benzene rings is 2. The van der Waals surface area contributed by atoms with Crippen LogP contribution >= 0.6 is 11.3 Å². The smallest absolute Gasteiger partial charge is 0.255 e. The van der Waals surface area contributed by atoms with E-state index in [0.717, 1.165) is 15.9 Å². The van der Waals surface area contributed by atoms with Gasteiger partial charge in [-0.2, -0.15) is 10.1 Å². The number of carbonyl (C=O) groups excluding carboxylic acids is 1. The average Bonchev–Trinajstić information content (AvgIpc) is 3.11. The molecular weight excluding hydrogens is 294 g/mol. The second-order valence-electron chi connectivity index (χ2n) is 5.18. The van der Waals surface area contributed by atoms with Gasteiger partial charge in [-0.1, -0.05) is 53.8 Å². The van der Waals surface area contributed by atoms with Crippen molar-refractivity contribution in [3.8, 4) is 0 Å². The molecule has 1 aromatic heterocycles. The lowest BCUT2D eigenvalue weighted by atomic mass is 10.1. The van der Waals surface area contributed by atoms with Gasteiger partial charge in [0.2, 0.25) is 5.13 Å². The molecule has 0 saturated heterocycles. The van der Waals surface area contributed by atoms with Crippen LogP contribution in [-0.4, -0.2) is 16.6 Å². The van der Waals surface area contributed by atoms with E-state index in [0.29, 0.717) is 18.0 Å². The molecule has 0 atom stereocenters. The van der Waals surface area contributed by atoms with Crippen molar-refractivity contribution in [3.63, 3.8) is 0 Å². The van der Waals surface area contributed by atoms with Gasteiger partial charge < -0.3 is 0 Å². The molecule has 2 heterocycles. The topological polar surface area (TPSA) is 45.6 Å². The van der Waals surface area contributed by atoms with Crippen LogP contribution < -0.4 is 5.01 Å². The zero-order valence-electron chi connectivity index (χ0n) is 11.8. The van der Waals surface area contributed by atoms with Gasteiger partial charge >= 0.3 is 0 Å². The van der Waals surface area contributed by atoms with Gasteiger partial charge in [0.15, 0.2) is 0 Å². The van der Waals surface area contributed by atoms with Crippen molar-refractivity contribution < 1.29 is 4.79 Å². The SMILES string of the molecule is O=C1CC(Cc2ccccc2)=NN1c1nc2ccccc2s1. The number of hydrogen-bond donors (Lipinski definition) is 0. The first-order valence-electron chi connectivity index (χ1n) is 7.08. The van der Waals surface area contributed by atoms with E-state index in [-0.39, 0.29) is 5.91 Å². The van der Waals surface area contributed by atoms with Crippen LogP contribution in [0, 0.1) is 0 Å². The van der Waals surface area contributed by atoms with Gasteiger partial charge in [-0.15, -0.1) is 0 Å². The maximum Gasteiger partial charge on any atom is 0.255 e. The van der Waals surface area contributed by atoms with Crippen LogP contribution in [0.5, 0.6) is 0 Å². The van der Waals surface area contributed by atoms with Gasteiger partial charge in [-0.25, -0.2) is 4.98 Å². The Balaban J connectivity index is 1.63. The molecule has 0 fully saturated rings. The van der Waals surface area contributed by atoms with Crippen LogP contribution in [0.4, 0.5) is 5.13 Å². The van der Waals surface area contributed by atoms with E-state index < -0.39 is 0 Å². The van der Waals surface area contributed by atoms with E-state index >= 15 is 0 Å². The summed E-state index contributed by atoms with van der Waals surface area (Å²) in [4.78, 5) is 16.7. The standard InChI is InChI=1S/C17H13N3OS/c21-16-11-13(10-12-6-2-1-3-7-12)19-20(16)17-18-14-8-4-5-9-15(14)22-17/h1-9H,10-11H2.